The second kappa shape index (κ2) is 7.61. The van der Waals surface area contributed by atoms with Crippen LogP contribution in [0.2, 0.25) is 0 Å². The second-order valence-corrected chi connectivity index (χ2v) is 7.54. The number of aromatic nitrogens is 2. The number of para-hydroxylation sites is 2. The van der Waals surface area contributed by atoms with Crippen LogP contribution in [0.25, 0.3) is 11.0 Å². The number of H-pyrrole nitrogens is 1. The van der Waals surface area contributed by atoms with Crippen molar-refractivity contribution < 1.29 is 14.4 Å². The SMILES string of the molecule is CCC1(CC)NC(=O)N(CC(=O)N[C@@H](c2nc3ccccc3[nH]2)C(C)C)C1=O. The van der Waals surface area contributed by atoms with Gasteiger partial charge in [0.15, 0.2) is 0 Å². The summed E-state index contributed by atoms with van der Waals surface area (Å²) < 4.78 is 0. The van der Waals surface area contributed by atoms with Crippen LogP contribution in [0.1, 0.15) is 52.4 Å². The summed E-state index contributed by atoms with van der Waals surface area (Å²) in [5.74, 6) is -0.0237. The number of amides is 4. The van der Waals surface area contributed by atoms with Crippen LogP contribution in [0.5, 0.6) is 0 Å². The molecule has 0 spiro atoms. The quantitative estimate of drug-likeness (QED) is 0.637. The van der Waals surface area contributed by atoms with Gasteiger partial charge in [0.2, 0.25) is 5.91 Å². The third-order valence-corrected chi connectivity index (χ3v) is 5.44. The van der Waals surface area contributed by atoms with E-state index in [2.05, 4.69) is 20.6 Å². The third kappa shape index (κ3) is 3.46. The fourth-order valence-electron chi connectivity index (χ4n) is 3.58. The number of nitrogens with one attached hydrogen (secondary N) is 3. The number of carbonyl (C=O) groups excluding carboxylic acids is 3. The van der Waals surface area contributed by atoms with Gasteiger partial charge in [-0.3, -0.25) is 14.5 Å². The Hall–Kier alpha value is -2.90. The standard InChI is InChI=1S/C20H27N5O3/c1-5-20(6-2)18(27)25(19(28)24-20)11-15(26)23-16(12(3)4)17-21-13-9-7-8-10-14(13)22-17/h7-10,12,16H,5-6,11H2,1-4H3,(H,21,22)(H,23,26)(H,24,28)/t16-/m1/s1. The summed E-state index contributed by atoms with van der Waals surface area (Å²) >= 11 is 0. The van der Waals surface area contributed by atoms with Crippen LogP contribution < -0.4 is 10.6 Å². The second-order valence-electron chi connectivity index (χ2n) is 7.54. The zero-order chi connectivity index (χ0) is 20.5. The molecule has 0 radical (unpaired) electrons. The molecule has 1 aromatic carbocycles. The summed E-state index contributed by atoms with van der Waals surface area (Å²) in [6.07, 6.45) is 0.972. The minimum absolute atomic E-state index is 0.0676. The molecule has 8 heteroatoms. The number of benzene rings is 1. The molecule has 150 valence electrons. The number of hydrogen-bond acceptors (Lipinski definition) is 4. The Morgan fingerprint density at radius 1 is 1.21 bits per heavy atom. The van der Waals surface area contributed by atoms with Gasteiger partial charge in [0.1, 0.15) is 17.9 Å². The van der Waals surface area contributed by atoms with E-state index in [-0.39, 0.29) is 24.4 Å². The number of hydrogen-bond donors (Lipinski definition) is 3. The molecule has 0 unspecified atom stereocenters. The monoisotopic (exact) mass is 385 g/mol. The molecule has 3 rings (SSSR count). The zero-order valence-electron chi connectivity index (χ0n) is 16.7. The summed E-state index contributed by atoms with van der Waals surface area (Å²) in [6, 6.07) is 6.76. The molecule has 1 aliphatic rings. The number of nitrogens with zero attached hydrogens (tertiary/aromatic N) is 2. The zero-order valence-corrected chi connectivity index (χ0v) is 16.7. The fraction of sp³-hybridized carbons (Fsp3) is 0.500. The van der Waals surface area contributed by atoms with E-state index in [0.717, 1.165) is 15.9 Å². The van der Waals surface area contributed by atoms with Crippen molar-refractivity contribution in [3.8, 4) is 0 Å². The van der Waals surface area contributed by atoms with Crippen molar-refractivity contribution in [1.82, 2.24) is 25.5 Å². The Morgan fingerprint density at radius 2 is 1.89 bits per heavy atom. The van der Waals surface area contributed by atoms with Gasteiger partial charge < -0.3 is 15.6 Å². The van der Waals surface area contributed by atoms with Crippen molar-refractivity contribution in [1.29, 1.82) is 0 Å². The molecule has 1 atom stereocenters. The van der Waals surface area contributed by atoms with E-state index in [1.165, 1.54) is 0 Å². The van der Waals surface area contributed by atoms with E-state index in [1.54, 1.807) is 0 Å². The molecule has 28 heavy (non-hydrogen) atoms. The molecule has 1 fully saturated rings. The van der Waals surface area contributed by atoms with Gasteiger partial charge in [0, 0.05) is 0 Å². The first-order chi connectivity index (χ1) is 13.3. The topological polar surface area (TPSA) is 107 Å². The van der Waals surface area contributed by atoms with Crippen LogP contribution >= 0.6 is 0 Å². The van der Waals surface area contributed by atoms with Gasteiger partial charge in [-0.15, -0.1) is 0 Å². The number of aromatic amines is 1. The van der Waals surface area contributed by atoms with Crippen LogP contribution in [-0.4, -0.2) is 44.8 Å². The van der Waals surface area contributed by atoms with Crippen LogP contribution in [0, 0.1) is 5.92 Å². The number of imide groups is 1. The summed E-state index contributed by atoms with van der Waals surface area (Å²) in [6.45, 7) is 7.34. The molecular formula is C20H27N5O3. The van der Waals surface area contributed by atoms with Crippen molar-refractivity contribution in [3.05, 3.63) is 30.1 Å². The highest BCUT2D eigenvalue weighted by atomic mass is 16.2. The van der Waals surface area contributed by atoms with E-state index in [4.69, 9.17) is 0 Å². The van der Waals surface area contributed by atoms with Crippen LogP contribution in [-0.2, 0) is 9.59 Å². The molecule has 8 nitrogen and oxygen atoms in total. The lowest BCUT2D eigenvalue weighted by Gasteiger charge is -2.24. The predicted octanol–water partition coefficient (Wildman–Crippen LogP) is 2.49. The Balaban J connectivity index is 1.75. The van der Waals surface area contributed by atoms with E-state index < -0.39 is 17.5 Å². The maximum atomic E-state index is 12.7. The van der Waals surface area contributed by atoms with E-state index in [1.807, 2.05) is 52.0 Å². The van der Waals surface area contributed by atoms with Gasteiger partial charge in [0.25, 0.3) is 5.91 Å². The Labute approximate surface area is 164 Å². The lowest BCUT2D eigenvalue weighted by Crippen LogP contribution is -2.47. The minimum Gasteiger partial charge on any atom is -0.344 e. The highest BCUT2D eigenvalue weighted by Gasteiger charge is 2.49. The average molecular weight is 385 g/mol. The van der Waals surface area contributed by atoms with Crippen LogP contribution in [0.3, 0.4) is 0 Å². The highest BCUT2D eigenvalue weighted by Crippen LogP contribution is 2.25. The van der Waals surface area contributed by atoms with Gasteiger partial charge in [0.05, 0.1) is 17.1 Å². The predicted molar refractivity (Wildman–Crippen MR) is 105 cm³/mol. The van der Waals surface area contributed by atoms with Crippen molar-refractivity contribution in [2.24, 2.45) is 5.92 Å². The number of imidazole rings is 1. The smallest absolute Gasteiger partial charge is 0.325 e. The first-order valence-electron chi connectivity index (χ1n) is 9.69. The lowest BCUT2D eigenvalue weighted by atomic mass is 9.93. The van der Waals surface area contributed by atoms with Gasteiger partial charge in [-0.2, -0.15) is 0 Å². The minimum atomic E-state index is -0.909. The average Bonchev–Trinajstić information content (AvgIpc) is 3.20. The molecule has 0 bridgehead atoms. The van der Waals surface area contributed by atoms with Crippen LogP contribution in [0.4, 0.5) is 4.79 Å². The first-order valence-corrected chi connectivity index (χ1v) is 9.69. The molecule has 1 aliphatic heterocycles. The first kappa shape index (κ1) is 19.9. The summed E-state index contributed by atoms with van der Waals surface area (Å²) in [7, 11) is 0. The van der Waals surface area contributed by atoms with Gasteiger partial charge in [-0.25, -0.2) is 9.78 Å². The maximum Gasteiger partial charge on any atom is 0.325 e. The molecule has 1 saturated heterocycles. The van der Waals surface area contributed by atoms with Crippen molar-refractivity contribution in [2.75, 3.05) is 6.54 Å². The summed E-state index contributed by atoms with van der Waals surface area (Å²) in [4.78, 5) is 46.4. The molecule has 0 aliphatic carbocycles. The number of fused-ring (bicyclic) bond motifs is 1. The largest absolute Gasteiger partial charge is 0.344 e. The molecule has 1 aromatic heterocycles. The molecule has 3 N–H and O–H groups in total. The van der Waals surface area contributed by atoms with Gasteiger partial charge in [-0.05, 0) is 30.9 Å². The van der Waals surface area contributed by atoms with E-state index in [9.17, 15) is 14.4 Å². The Kier molecular flexibility index (Phi) is 5.40. The van der Waals surface area contributed by atoms with Crippen molar-refractivity contribution >= 4 is 28.9 Å². The molecule has 2 heterocycles. The maximum absolute atomic E-state index is 12.7. The number of rotatable bonds is 7. The summed E-state index contributed by atoms with van der Waals surface area (Å²) in [5, 5.41) is 5.65. The molecule has 4 amide bonds. The Morgan fingerprint density at radius 3 is 2.46 bits per heavy atom. The van der Waals surface area contributed by atoms with Gasteiger partial charge >= 0.3 is 6.03 Å². The number of carbonyl (C=O) groups is 3. The summed E-state index contributed by atoms with van der Waals surface area (Å²) in [5.41, 5.74) is 0.803. The molecule has 2 aromatic rings. The van der Waals surface area contributed by atoms with E-state index in [0.29, 0.717) is 18.7 Å². The van der Waals surface area contributed by atoms with Crippen molar-refractivity contribution in [2.45, 2.75) is 52.1 Å². The van der Waals surface area contributed by atoms with Gasteiger partial charge in [-0.1, -0.05) is 39.8 Å². The fourth-order valence-corrected chi connectivity index (χ4v) is 3.58. The molecule has 0 saturated carbocycles. The third-order valence-electron chi connectivity index (χ3n) is 5.44. The number of urea groups is 1. The van der Waals surface area contributed by atoms with E-state index >= 15 is 0 Å². The lowest BCUT2D eigenvalue weighted by molar-refractivity contribution is -0.135. The Bertz CT molecular complexity index is 867. The normalized spacial score (nSPS) is 17.2. The highest BCUT2D eigenvalue weighted by molar-refractivity contribution is 6.09. The van der Waals surface area contributed by atoms with Crippen LogP contribution in [0.15, 0.2) is 24.3 Å². The van der Waals surface area contributed by atoms with Crippen molar-refractivity contribution in [3.63, 3.8) is 0 Å². The molecular weight excluding hydrogens is 358 g/mol.